The highest BCUT2D eigenvalue weighted by atomic mass is 16.5. The van der Waals surface area contributed by atoms with Gasteiger partial charge >= 0.3 is 0 Å². The van der Waals surface area contributed by atoms with E-state index in [4.69, 9.17) is 9.47 Å². The number of unbranched alkanes of at least 4 members (excludes halogenated alkanes) is 1. The third-order valence-electron chi connectivity index (χ3n) is 3.57. The van der Waals surface area contributed by atoms with Crippen molar-refractivity contribution in [2.75, 3.05) is 36.9 Å². The summed E-state index contributed by atoms with van der Waals surface area (Å²) in [5, 5.41) is 6.79. The van der Waals surface area contributed by atoms with Gasteiger partial charge in [0.1, 0.15) is 11.5 Å². The fraction of sp³-hybridized carbons (Fsp3) is 0.400. The van der Waals surface area contributed by atoms with E-state index >= 15 is 0 Å². The molecular weight excluding hydrogens is 300 g/mol. The lowest BCUT2D eigenvalue weighted by atomic mass is 10.3. The van der Waals surface area contributed by atoms with Gasteiger partial charge in [0.05, 0.1) is 13.2 Å². The topological polar surface area (TPSA) is 42.5 Å². The minimum Gasteiger partial charge on any atom is -0.494 e. The molecule has 2 aromatic carbocycles. The number of rotatable bonds is 11. The number of anilines is 2. The van der Waals surface area contributed by atoms with Crippen LogP contribution in [0.3, 0.4) is 0 Å². The summed E-state index contributed by atoms with van der Waals surface area (Å²) >= 11 is 0. The van der Waals surface area contributed by atoms with E-state index < -0.39 is 0 Å². The Morgan fingerprint density at radius 3 is 1.67 bits per heavy atom. The van der Waals surface area contributed by atoms with Gasteiger partial charge < -0.3 is 20.1 Å². The molecule has 4 nitrogen and oxygen atoms in total. The zero-order chi connectivity index (χ0) is 17.0. The van der Waals surface area contributed by atoms with Crippen LogP contribution in [-0.4, -0.2) is 26.3 Å². The number of ether oxygens (including phenoxy) is 2. The highest BCUT2D eigenvalue weighted by molar-refractivity contribution is 5.48. The highest BCUT2D eigenvalue weighted by Crippen LogP contribution is 2.17. The van der Waals surface area contributed by atoms with Crippen molar-refractivity contribution < 1.29 is 9.47 Å². The second-order valence-electron chi connectivity index (χ2n) is 5.54. The SMILES string of the molecule is CCCCOc1ccc(NCCNc2ccc(OCC)cc2)cc1. The molecule has 0 aromatic heterocycles. The summed E-state index contributed by atoms with van der Waals surface area (Å²) in [5.74, 6) is 1.84. The summed E-state index contributed by atoms with van der Waals surface area (Å²) in [5.41, 5.74) is 2.20. The lowest BCUT2D eigenvalue weighted by Crippen LogP contribution is -2.13. The quantitative estimate of drug-likeness (QED) is 0.582. The van der Waals surface area contributed by atoms with Crippen LogP contribution >= 0.6 is 0 Å². The Kier molecular flexibility index (Phi) is 7.81. The van der Waals surface area contributed by atoms with Gasteiger partial charge in [-0.05, 0) is 61.9 Å². The van der Waals surface area contributed by atoms with Crippen LogP contribution in [0.1, 0.15) is 26.7 Å². The molecule has 2 aromatic rings. The van der Waals surface area contributed by atoms with Gasteiger partial charge in [-0.25, -0.2) is 0 Å². The molecule has 0 saturated carbocycles. The fourth-order valence-electron chi connectivity index (χ4n) is 2.25. The van der Waals surface area contributed by atoms with Crippen LogP contribution in [0.5, 0.6) is 11.5 Å². The van der Waals surface area contributed by atoms with Crippen LogP contribution in [0.4, 0.5) is 11.4 Å². The van der Waals surface area contributed by atoms with E-state index in [1.54, 1.807) is 0 Å². The van der Waals surface area contributed by atoms with Crippen molar-refractivity contribution in [3.8, 4) is 11.5 Å². The first kappa shape index (κ1) is 18.0. The first-order chi connectivity index (χ1) is 11.8. The summed E-state index contributed by atoms with van der Waals surface area (Å²) in [6, 6.07) is 16.2. The molecule has 0 spiro atoms. The maximum absolute atomic E-state index is 5.66. The minimum absolute atomic E-state index is 0.694. The molecule has 2 N–H and O–H groups in total. The van der Waals surface area contributed by atoms with Gasteiger partial charge in [0.25, 0.3) is 0 Å². The van der Waals surface area contributed by atoms with Gasteiger partial charge in [-0.2, -0.15) is 0 Å². The van der Waals surface area contributed by atoms with E-state index in [0.717, 1.165) is 55.4 Å². The third-order valence-corrected chi connectivity index (χ3v) is 3.57. The molecule has 0 atom stereocenters. The fourth-order valence-corrected chi connectivity index (χ4v) is 2.25. The van der Waals surface area contributed by atoms with Crippen molar-refractivity contribution in [3.05, 3.63) is 48.5 Å². The Labute approximate surface area is 145 Å². The number of hydrogen-bond donors (Lipinski definition) is 2. The maximum Gasteiger partial charge on any atom is 0.119 e. The largest absolute Gasteiger partial charge is 0.494 e. The molecular formula is C20H28N2O2. The molecule has 130 valence electrons. The molecule has 4 heteroatoms. The Balaban J connectivity index is 1.66. The zero-order valence-electron chi connectivity index (χ0n) is 14.7. The molecule has 0 aliphatic carbocycles. The molecule has 0 amide bonds. The number of hydrogen-bond acceptors (Lipinski definition) is 4. The van der Waals surface area contributed by atoms with E-state index in [2.05, 4.69) is 29.7 Å². The van der Waals surface area contributed by atoms with Crippen LogP contribution in [0.2, 0.25) is 0 Å². The molecule has 0 aliphatic rings. The first-order valence-electron chi connectivity index (χ1n) is 8.75. The minimum atomic E-state index is 0.694. The van der Waals surface area contributed by atoms with E-state index in [0.29, 0.717) is 6.61 Å². The molecule has 0 bridgehead atoms. The molecule has 0 fully saturated rings. The molecule has 0 aliphatic heterocycles. The maximum atomic E-state index is 5.66. The van der Waals surface area contributed by atoms with Crippen molar-refractivity contribution in [2.24, 2.45) is 0 Å². The van der Waals surface area contributed by atoms with Gasteiger partial charge in [-0.15, -0.1) is 0 Å². The van der Waals surface area contributed by atoms with Gasteiger partial charge in [0.2, 0.25) is 0 Å². The van der Waals surface area contributed by atoms with Crippen molar-refractivity contribution in [1.29, 1.82) is 0 Å². The van der Waals surface area contributed by atoms with E-state index in [1.165, 1.54) is 0 Å². The van der Waals surface area contributed by atoms with Crippen molar-refractivity contribution in [2.45, 2.75) is 26.7 Å². The molecule has 2 rings (SSSR count). The van der Waals surface area contributed by atoms with Crippen LogP contribution in [0.25, 0.3) is 0 Å². The van der Waals surface area contributed by atoms with Gasteiger partial charge in [-0.1, -0.05) is 13.3 Å². The smallest absolute Gasteiger partial charge is 0.119 e. The highest BCUT2D eigenvalue weighted by Gasteiger charge is 1.97. The van der Waals surface area contributed by atoms with Crippen LogP contribution < -0.4 is 20.1 Å². The van der Waals surface area contributed by atoms with Crippen LogP contribution in [0.15, 0.2) is 48.5 Å². The monoisotopic (exact) mass is 328 g/mol. The second kappa shape index (κ2) is 10.4. The van der Waals surface area contributed by atoms with Crippen molar-refractivity contribution >= 4 is 11.4 Å². The van der Waals surface area contributed by atoms with Crippen molar-refractivity contribution in [3.63, 3.8) is 0 Å². The average molecular weight is 328 g/mol. The van der Waals surface area contributed by atoms with E-state index in [-0.39, 0.29) is 0 Å². The number of nitrogens with one attached hydrogen (secondary N) is 2. The molecule has 0 radical (unpaired) electrons. The number of benzene rings is 2. The average Bonchev–Trinajstić information content (AvgIpc) is 2.62. The summed E-state index contributed by atoms with van der Waals surface area (Å²) in [7, 11) is 0. The standard InChI is InChI=1S/C20H28N2O2/c1-3-5-16-24-20-12-8-18(9-13-20)22-15-14-21-17-6-10-19(11-7-17)23-4-2/h6-13,21-22H,3-5,14-16H2,1-2H3. The van der Waals surface area contributed by atoms with Gasteiger partial charge in [-0.3, -0.25) is 0 Å². The normalized spacial score (nSPS) is 10.2. The summed E-state index contributed by atoms with van der Waals surface area (Å²) < 4.78 is 11.1. The summed E-state index contributed by atoms with van der Waals surface area (Å²) in [6.07, 6.45) is 2.25. The van der Waals surface area contributed by atoms with Crippen LogP contribution in [0, 0.1) is 0 Å². The molecule has 0 heterocycles. The lowest BCUT2D eigenvalue weighted by Gasteiger charge is -2.11. The third kappa shape index (κ3) is 6.41. The summed E-state index contributed by atoms with van der Waals surface area (Å²) in [4.78, 5) is 0. The zero-order valence-corrected chi connectivity index (χ0v) is 14.7. The predicted octanol–water partition coefficient (Wildman–Crippen LogP) is 4.79. The molecule has 0 unspecified atom stereocenters. The second-order valence-corrected chi connectivity index (χ2v) is 5.54. The van der Waals surface area contributed by atoms with E-state index in [9.17, 15) is 0 Å². The molecule has 24 heavy (non-hydrogen) atoms. The Morgan fingerprint density at radius 2 is 1.21 bits per heavy atom. The Morgan fingerprint density at radius 1 is 0.708 bits per heavy atom. The summed E-state index contributed by atoms with van der Waals surface area (Å²) in [6.45, 7) is 7.33. The van der Waals surface area contributed by atoms with Gasteiger partial charge in [0, 0.05) is 24.5 Å². The lowest BCUT2D eigenvalue weighted by molar-refractivity contribution is 0.309. The van der Waals surface area contributed by atoms with Crippen LogP contribution in [-0.2, 0) is 0 Å². The predicted molar refractivity (Wildman–Crippen MR) is 101 cm³/mol. The molecule has 0 saturated heterocycles. The van der Waals surface area contributed by atoms with E-state index in [1.807, 2.05) is 43.3 Å². The Hall–Kier alpha value is -2.36. The first-order valence-corrected chi connectivity index (χ1v) is 8.75. The van der Waals surface area contributed by atoms with Gasteiger partial charge in [0.15, 0.2) is 0 Å². The Bertz CT molecular complexity index is 567. The van der Waals surface area contributed by atoms with Crippen molar-refractivity contribution in [1.82, 2.24) is 0 Å².